The zero-order valence-corrected chi connectivity index (χ0v) is 16.4. The maximum absolute atomic E-state index is 13.0. The average Bonchev–Trinajstić information content (AvgIpc) is 2.76. The van der Waals surface area contributed by atoms with E-state index in [2.05, 4.69) is 0 Å². The van der Waals surface area contributed by atoms with Gasteiger partial charge in [0.15, 0.2) is 12.9 Å². The van der Waals surface area contributed by atoms with Crippen molar-refractivity contribution in [3.8, 4) is 5.75 Å². The van der Waals surface area contributed by atoms with Gasteiger partial charge < -0.3 is 9.64 Å². The maximum Gasteiger partial charge on any atom is 0.270 e. The number of anilines is 1. The van der Waals surface area contributed by atoms with E-state index in [1.54, 1.807) is 4.90 Å². The number of benzene rings is 3. The first kappa shape index (κ1) is 20.7. The normalized spacial score (nSPS) is 10.3. The van der Waals surface area contributed by atoms with Crippen molar-refractivity contribution in [2.45, 2.75) is 13.5 Å². The predicted octanol–water partition coefficient (Wildman–Crippen LogP) is 4.33. The van der Waals surface area contributed by atoms with Crippen LogP contribution in [0.4, 0.5) is 11.4 Å². The largest absolute Gasteiger partial charge is 0.483 e. The van der Waals surface area contributed by atoms with Gasteiger partial charge in [0.2, 0.25) is 0 Å². The molecule has 0 aliphatic carbocycles. The second kappa shape index (κ2) is 9.47. The molecule has 3 aromatic rings. The summed E-state index contributed by atoms with van der Waals surface area (Å²) in [5.41, 5.74) is 2.49. The number of hydrogen-bond donors (Lipinski definition) is 0. The topological polar surface area (TPSA) is 89.8 Å². The molecule has 0 fully saturated rings. The molecule has 7 heteroatoms. The van der Waals surface area contributed by atoms with Crippen molar-refractivity contribution >= 4 is 23.6 Å². The summed E-state index contributed by atoms with van der Waals surface area (Å²) in [4.78, 5) is 36.2. The molecule has 0 radical (unpaired) electrons. The van der Waals surface area contributed by atoms with E-state index in [-0.39, 0.29) is 29.5 Å². The molecule has 0 aliphatic rings. The highest BCUT2D eigenvalue weighted by Gasteiger charge is 2.19. The first-order chi connectivity index (χ1) is 14.5. The number of non-ortho nitro benzene ring substituents is 1. The lowest BCUT2D eigenvalue weighted by Crippen LogP contribution is -2.34. The molecule has 0 atom stereocenters. The third kappa shape index (κ3) is 5.08. The Morgan fingerprint density at radius 2 is 1.83 bits per heavy atom. The number of hydrogen-bond acceptors (Lipinski definition) is 5. The molecule has 7 nitrogen and oxygen atoms in total. The summed E-state index contributed by atoms with van der Waals surface area (Å²) >= 11 is 0. The molecule has 3 aromatic carbocycles. The molecule has 0 saturated carbocycles. The lowest BCUT2D eigenvalue weighted by atomic mass is 10.1. The average molecular weight is 404 g/mol. The molecule has 0 spiro atoms. The summed E-state index contributed by atoms with van der Waals surface area (Å²) in [6.07, 6.45) is 0.467. The molecule has 0 aliphatic heterocycles. The Morgan fingerprint density at radius 1 is 1.07 bits per heavy atom. The van der Waals surface area contributed by atoms with Crippen LogP contribution < -0.4 is 9.64 Å². The molecule has 0 aromatic heterocycles. The van der Waals surface area contributed by atoms with Gasteiger partial charge in [-0.25, -0.2) is 0 Å². The fourth-order valence-electron chi connectivity index (χ4n) is 2.98. The lowest BCUT2D eigenvalue weighted by molar-refractivity contribution is -0.384. The molecular weight excluding hydrogens is 384 g/mol. The van der Waals surface area contributed by atoms with Gasteiger partial charge in [-0.05, 0) is 36.2 Å². The Morgan fingerprint density at radius 3 is 2.50 bits per heavy atom. The minimum absolute atomic E-state index is 0.0159. The third-order valence-electron chi connectivity index (χ3n) is 4.48. The number of aldehydes is 1. The van der Waals surface area contributed by atoms with E-state index in [0.29, 0.717) is 12.8 Å². The number of aryl methyl sites for hydroxylation is 1. The van der Waals surface area contributed by atoms with Crippen molar-refractivity contribution < 1.29 is 19.2 Å². The SMILES string of the molecule is Cc1cccc(N(Cc2ccccc2)C(=O)COc2ccc([N+](=O)[O-])cc2C=O)c1. The Labute approximate surface area is 173 Å². The Kier molecular flexibility index (Phi) is 6.54. The number of nitro groups is 1. The van der Waals surface area contributed by atoms with Crippen LogP contribution in [0.2, 0.25) is 0 Å². The van der Waals surface area contributed by atoms with Crippen molar-refractivity contribution in [1.82, 2.24) is 0 Å². The second-order valence-electron chi connectivity index (χ2n) is 6.69. The summed E-state index contributed by atoms with van der Waals surface area (Å²) in [5.74, 6) is -0.187. The van der Waals surface area contributed by atoms with E-state index >= 15 is 0 Å². The van der Waals surface area contributed by atoms with Crippen molar-refractivity contribution in [2.75, 3.05) is 11.5 Å². The van der Waals surface area contributed by atoms with Gasteiger partial charge >= 0.3 is 0 Å². The molecule has 30 heavy (non-hydrogen) atoms. The number of nitro benzene ring substituents is 1. The highest BCUT2D eigenvalue weighted by molar-refractivity contribution is 5.94. The summed E-state index contributed by atoms with van der Waals surface area (Å²) in [7, 11) is 0. The molecule has 0 bridgehead atoms. The summed E-state index contributed by atoms with van der Waals surface area (Å²) in [6, 6.07) is 20.8. The quantitative estimate of drug-likeness (QED) is 0.317. The third-order valence-corrected chi connectivity index (χ3v) is 4.48. The number of carbonyl (C=O) groups is 2. The monoisotopic (exact) mass is 404 g/mol. The van der Waals surface area contributed by atoms with E-state index in [0.717, 1.165) is 22.9 Å². The fourth-order valence-corrected chi connectivity index (χ4v) is 2.98. The van der Waals surface area contributed by atoms with Gasteiger partial charge in [0, 0.05) is 17.8 Å². The highest BCUT2D eigenvalue weighted by atomic mass is 16.6. The van der Waals surface area contributed by atoms with E-state index in [9.17, 15) is 19.7 Å². The van der Waals surface area contributed by atoms with Crippen LogP contribution in [-0.2, 0) is 11.3 Å². The van der Waals surface area contributed by atoms with Crippen LogP contribution >= 0.6 is 0 Å². The molecule has 0 N–H and O–H groups in total. The van der Waals surface area contributed by atoms with Gasteiger partial charge in [-0.1, -0.05) is 42.5 Å². The first-order valence-corrected chi connectivity index (χ1v) is 9.25. The second-order valence-corrected chi connectivity index (χ2v) is 6.69. The van der Waals surface area contributed by atoms with Crippen molar-refractivity contribution in [3.63, 3.8) is 0 Å². The maximum atomic E-state index is 13.0. The fraction of sp³-hybridized carbons (Fsp3) is 0.130. The zero-order chi connectivity index (χ0) is 21.5. The van der Waals surface area contributed by atoms with Gasteiger partial charge in [0.25, 0.3) is 11.6 Å². The summed E-state index contributed by atoms with van der Waals surface area (Å²) in [5, 5.41) is 10.9. The Hall–Kier alpha value is -4.00. The number of ether oxygens (including phenoxy) is 1. The standard InChI is InChI=1S/C23H20N2O5/c1-17-6-5-9-20(12-17)24(14-18-7-3-2-4-8-18)23(27)16-30-22-11-10-21(25(28)29)13-19(22)15-26/h2-13,15H,14,16H2,1H3. The molecule has 0 heterocycles. The minimum Gasteiger partial charge on any atom is -0.483 e. The van der Waals surface area contributed by atoms with Crippen LogP contribution in [0.25, 0.3) is 0 Å². The number of rotatable bonds is 8. The lowest BCUT2D eigenvalue weighted by Gasteiger charge is -2.23. The molecular formula is C23H20N2O5. The Bertz CT molecular complexity index is 1070. The number of carbonyl (C=O) groups excluding carboxylic acids is 2. The zero-order valence-electron chi connectivity index (χ0n) is 16.4. The number of nitrogens with zero attached hydrogens (tertiary/aromatic N) is 2. The van der Waals surface area contributed by atoms with Crippen LogP contribution in [0.15, 0.2) is 72.8 Å². The predicted molar refractivity (Wildman–Crippen MR) is 113 cm³/mol. The molecule has 152 valence electrons. The Balaban J connectivity index is 1.81. The van der Waals surface area contributed by atoms with Crippen LogP contribution in [0.3, 0.4) is 0 Å². The molecule has 0 unspecified atom stereocenters. The van der Waals surface area contributed by atoms with Crippen molar-refractivity contribution in [2.24, 2.45) is 0 Å². The smallest absolute Gasteiger partial charge is 0.270 e. The van der Waals surface area contributed by atoms with E-state index < -0.39 is 4.92 Å². The van der Waals surface area contributed by atoms with Gasteiger partial charge in [-0.3, -0.25) is 19.7 Å². The van der Waals surface area contributed by atoms with Crippen LogP contribution in [0.1, 0.15) is 21.5 Å². The van der Waals surface area contributed by atoms with Crippen LogP contribution in [0.5, 0.6) is 5.75 Å². The van der Waals surface area contributed by atoms with Crippen LogP contribution in [0, 0.1) is 17.0 Å². The van der Waals surface area contributed by atoms with Crippen molar-refractivity contribution in [1.29, 1.82) is 0 Å². The summed E-state index contributed by atoms with van der Waals surface area (Å²) < 4.78 is 5.55. The van der Waals surface area contributed by atoms with E-state index in [4.69, 9.17) is 4.74 Å². The summed E-state index contributed by atoms with van der Waals surface area (Å²) in [6.45, 7) is 1.98. The van der Waals surface area contributed by atoms with Gasteiger partial charge in [-0.15, -0.1) is 0 Å². The van der Waals surface area contributed by atoms with E-state index in [1.807, 2.05) is 61.5 Å². The van der Waals surface area contributed by atoms with Gasteiger partial charge in [0.1, 0.15) is 5.75 Å². The van der Waals surface area contributed by atoms with Gasteiger partial charge in [0.05, 0.1) is 17.0 Å². The minimum atomic E-state index is -0.596. The molecule has 1 amide bonds. The first-order valence-electron chi connectivity index (χ1n) is 9.25. The molecule has 3 rings (SSSR count). The van der Waals surface area contributed by atoms with Crippen LogP contribution in [-0.4, -0.2) is 23.7 Å². The van der Waals surface area contributed by atoms with E-state index in [1.165, 1.54) is 12.1 Å². The van der Waals surface area contributed by atoms with Gasteiger partial charge in [-0.2, -0.15) is 0 Å². The molecule has 0 saturated heterocycles. The highest BCUT2D eigenvalue weighted by Crippen LogP contribution is 2.24. The van der Waals surface area contributed by atoms with Crippen molar-refractivity contribution in [3.05, 3.63) is 99.6 Å². The number of amides is 1.